The lowest BCUT2D eigenvalue weighted by molar-refractivity contribution is -0.116. The average molecular weight is 291 g/mol. The van der Waals surface area contributed by atoms with Crippen molar-refractivity contribution in [2.75, 3.05) is 17.2 Å². The summed E-state index contributed by atoms with van der Waals surface area (Å²) in [6.45, 7) is 4.35. The van der Waals surface area contributed by atoms with Crippen molar-refractivity contribution in [3.63, 3.8) is 0 Å². The fraction of sp³-hybridized carbons (Fsp3) is 0.500. The summed E-state index contributed by atoms with van der Waals surface area (Å²) in [5, 5.41) is 5.73. The number of rotatable bonds is 8. The maximum atomic E-state index is 11.9. The number of carbonyl (C=O) groups is 2. The van der Waals surface area contributed by atoms with Crippen LogP contribution in [-0.2, 0) is 9.59 Å². The second kappa shape index (κ2) is 9.13. The molecule has 5 heteroatoms. The Hall–Kier alpha value is -1.88. The Morgan fingerprint density at radius 2 is 1.67 bits per heavy atom. The van der Waals surface area contributed by atoms with Crippen LogP contribution in [0.2, 0.25) is 0 Å². The summed E-state index contributed by atoms with van der Waals surface area (Å²) in [4.78, 5) is 23.3. The molecule has 0 aliphatic carbocycles. The first-order valence-corrected chi connectivity index (χ1v) is 7.47. The van der Waals surface area contributed by atoms with Crippen LogP contribution in [-0.4, -0.2) is 18.4 Å². The van der Waals surface area contributed by atoms with E-state index in [9.17, 15) is 9.59 Å². The van der Waals surface area contributed by atoms with Gasteiger partial charge in [0.1, 0.15) is 0 Å². The van der Waals surface area contributed by atoms with E-state index >= 15 is 0 Å². The number of amides is 2. The fourth-order valence-electron chi connectivity index (χ4n) is 1.96. The summed E-state index contributed by atoms with van der Waals surface area (Å²) >= 11 is 0. The van der Waals surface area contributed by atoms with Gasteiger partial charge in [-0.2, -0.15) is 0 Å². The van der Waals surface area contributed by atoms with Gasteiger partial charge in [0, 0.05) is 24.2 Å². The highest BCUT2D eigenvalue weighted by Crippen LogP contribution is 2.23. The van der Waals surface area contributed by atoms with Gasteiger partial charge in [-0.3, -0.25) is 9.59 Å². The number of hydrogen-bond acceptors (Lipinski definition) is 3. The zero-order valence-corrected chi connectivity index (χ0v) is 12.9. The normalized spacial score (nSPS) is 10.2. The van der Waals surface area contributed by atoms with Crippen LogP contribution in [0.1, 0.15) is 44.6 Å². The molecule has 0 saturated heterocycles. The lowest BCUT2D eigenvalue weighted by atomic mass is 10.1. The molecule has 1 rings (SSSR count). The highest BCUT2D eigenvalue weighted by atomic mass is 16.2. The number of carbonyl (C=O) groups excluding carboxylic acids is 2. The molecule has 0 bridgehead atoms. The summed E-state index contributed by atoms with van der Waals surface area (Å²) in [5.41, 5.74) is 7.77. The fourth-order valence-corrected chi connectivity index (χ4v) is 1.96. The first-order valence-electron chi connectivity index (χ1n) is 7.47. The van der Waals surface area contributed by atoms with Crippen LogP contribution in [0.25, 0.3) is 0 Å². The van der Waals surface area contributed by atoms with E-state index in [-0.39, 0.29) is 11.8 Å². The molecule has 0 aromatic heterocycles. The lowest BCUT2D eigenvalue weighted by Gasteiger charge is -2.13. The quantitative estimate of drug-likeness (QED) is 0.644. The van der Waals surface area contributed by atoms with Crippen molar-refractivity contribution in [1.82, 2.24) is 0 Å². The molecule has 0 spiro atoms. The average Bonchev–Trinajstić information content (AvgIpc) is 2.47. The van der Waals surface area contributed by atoms with Crippen LogP contribution in [0.15, 0.2) is 18.2 Å². The molecule has 0 saturated carbocycles. The van der Waals surface area contributed by atoms with E-state index in [4.69, 9.17) is 5.73 Å². The van der Waals surface area contributed by atoms with E-state index < -0.39 is 0 Å². The minimum atomic E-state index is -0.0386. The van der Waals surface area contributed by atoms with Gasteiger partial charge in [-0.25, -0.2) is 0 Å². The molecule has 0 radical (unpaired) electrons. The molecule has 2 amide bonds. The molecule has 0 atom stereocenters. The lowest BCUT2D eigenvalue weighted by Crippen LogP contribution is -2.14. The molecular formula is C16H25N3O2. The van der Waals surface area contributed by atoms with Gasteiger partial charge in [-0.15, -0.1) is 0 Å². The first-order chi connectivity index (χ1) is 10.1. The van der Waals surface area contributed by atoms with E-state index in [1.165, 1.54) is 0 Å². The molecule has 1 aromatic rings. The maximum absolute atomic E-state index is 11.9. The molecule has 21 heavy (non-hydrogen) atoms. The van der Waals surface area contributed by atoms with E-state index in [0.717, 1.165) is 36.2 Å². The van der Waals surface area contributed by atoms with Crippen molar-refractivity contribution < 1.29 is 9.59 Å². The van der Waals surface area contributed by atoms with E-state index in [0.29, 0.717) is 19.4 Å². The number of unbranched alkanes of at least 4 members (excludes halogenated alkanes) is 2. The van der Waals surface area contributed by atoms with Crippen LogP contribution in [0.3, 0.4) is 0 Å². The predicted molar refractivity (Wildman–Crippen MR) is 86.3 cm³/mol. The molecule has 0 heterocycles. The van der Waals surface area contributed by atoms with Gasteiger partial charge < -0.3 is 16.4 Å². The van der Waals surface area contributed by atoms with Crippen LogP contribution in [0, 0.1) is 6.92 Å². The van der Waals surface area contributed by atoms with Crippen molar-refractivity contribution in [1.29, 1.82) is 0 Å². The van der Waals surface area contributed by atoms with Gasteiger partial charge in [-0.05, 0) is 44.0 Å². The van der Waals surface area contributed by atoms with Crippen LogP contribution in [0.5, 0.6) is 0 Å². The third kappa shape index (κ3) is 5.95. The minimum absolute atomic E-state index is 0.00547. The Kier molecular flexibility index (Phi) is 7.46. The molecule has 0 unspecified atom stereocenters. The number of hydrogen-bond donors (Lipinski definition) is 3. The van der Waals surface area contributed by atoms with Crippen LogP contribution >= 0.6 is 0 Å². The summed E-state index contributed by atoms with van der Waals surface area (Å²) in [5.74, 6) is -0.0440. The second-order valence-corrected chi connectivity index (χ2v) is 5.03. The Morgan fingerprint density at radius 1 is 1.05 bits per heavy atom. The molecule has 4 N–H and O–H groups in total. The predicted octanol–water partition coefficient (Wildman–Crippen LogP) is 2.80. The second-order valence-electron chi connectivity index (χ2n) is 5.03. The van der Waals surface area contributed by atoms with Gasteiger partial charge in [0.25, 0.3) is 0 Å². The summed E-state index contributed by atoms with van der Waals surface area (Å²) in [7, 11) is 0. The van der Waals surface area contributed by atoms with E-state index in [1.807, 2.05) is 25.1 Å². The van der Waals surface area contributed by atoms with Gasteiger partial charge >= 0.3 is 0 Å². The van der Waals surface area contributed by atoms with Gasteiger partial charge in [0.15, 0.2) is 0 Å². The standard InChI is InChI=1S/C16H25N3O2/c1-3-15(20)18-13-8-7-9-14(12(13)2)19-16(21)10-5-4-6-11-17/h7-9H,3-6,10-11,17H2,1-2H3,(H,18,20)(H,19,21). The van der Waals surface area contributed by atoms with Gasteiger partial charge in [0.2, 0.25) is 11.8 Å². The number of nitrogens with one attached hydrogen (secondary N) is 2. The first kappa shape index (κ1) is 17.2. The van der Waals surface area contributed by atoms with Crippen molar-refractivity contribution >= 4 is 23.2 Å². The number of anilines is 2. The number of benzene rings is 1. The molecule has 0 aliphatic heterocycles. The Balaban J connectivity index is 2.60. The maximum Gasteiger partial charge on any atom is 0.224 e. The summed E-state index contributed by atoms with van der Waals surface area (Å²) in [6, 6.07) is 5.50. The Bertz CT molecular complexity index is 486. The van der Waals surface area contributed by atoms with Gasteiger partial charge in [0.05, 0.1) is 0 Å². The number of nitrogens with two attached hydrogens (primary N) is 1. The van der Waals surface area contributed by atoms with Crippen LogP contribution < -0.4 is 16.4 Å². The highest BCUT2D eigenvalue weighted by Gasteiger charge is 2.09. The SMILES string of the molecule is CCC(=O)Nc1cccc(NC(=O)CCCCCN)c1C. The summed E-state index contributed by atoms with van der Waals surface area (Å²) < 4.78 is 0. The molecule has 116 valence electrons. The van der Waals surface area contributed by atoms with Crippen molar-refractivity contribution in [2.24, 2.45) is 5.73 Å². The Labute approximate surface area is 126 Å². The zero-order valence-electron chi connectivity index (χ0n) is 12.9. The van der Waals surface area contributed by atoms with Crippen molar-refractivity contribution in [3.8, 4) is 0 Å². The topological polar surface area (TPSA) is 84.2 Å². The minimum Gasteiger partial charge on any atom is -0.330 e. The summed E-state index contributed by atoms with van der Waals surface area (Å²) in [6.07, 6.45) is 3.68. The molecule has 0 fully saturated rings. The molecule has 0 aliphatic rings. The van der Waals surface area contributed by atoms with Crippen molar-refractivity contribution in [2.45, 2.75) is 46.0 Å². The van der Waals surface area contributed by atoms with Crippen molar-refractivity contribution in [3.05, 3.63) is 23.8 Å². The monoisotopic (exact) mass is 291 g/mol. The third-order valence-corrected chi connectivity index (χ3v) is 3.31. The van der Waals surface area contributed by atoms with Gasteiger partial charge in [-0.1, -0.05) is 19.4 Å². The Morgan fingerprint density at radius 3 is 2.24 bits per heavy atom. The van der Waals surface area contributed by atoms with E-state index in [1.54, 1.807) is 6.92 Å². The molecule has 5 nitrogen and oxygen atoms in total. The molecule has 1 aromatic carbocycles. The molecular weight excluding hydrogens is 266 g/mol. The third-order valence-electron chi connectivity index (χ3n) is 3.31. The van der Waals surface area contributed by atoms with Crippen LogP contribution in [0.4, 0.5) is 11.4 Å². The highest BCUT2D eigenvalue weighted by molar-refractivity contribution is 5.95. The largest absolute Gasteiger partial charge is 0.330 e. The zero-order chi connectivity index (χ0) is 15.7. The smallest absolute Gasteiger partial charge is 0.224 e. The van der Waals surface area contributed by atoms with E-state index in [2.05, 4.69) is 10.6 Å².